The van der Waals surface area contributed by atoms with Crippen LogP contribution in [0.15, 0.2) is 12.1 Å². The van der Waals surface area contributed by atoms with Gasteiger partial charge in [0.2, 0.25) is 0 Å². The van der Waals surface area contributed by atoms with Gasteiger partial charge in [-0.3, -0.25) is 0 Å². The van der Waals surface area contributed by atoms with Gasteiger partial charge in [0.05, 0.1) is 0 Å². The van der Waals surface area contributed by atoms with Crippen LogP contribution in [0, 0.1) is 20.2 Å². The van der Waals surface area contributed by atoms with Crippen molar-refractivity contribution in [3.8, 4) is 0 Å². The van der Waals surface area contributed by atoms with Gasteiger partial charge in [-0.15, -0.1) is 0 Å². The first-order chi connectivity index (χ1) is 14.0. The van der Waals surface area contributed by atoms with E-state index in [0.29, 0.717) is 11.6 Å². The number of anilines is 1. The number of hydrogen-bond donors (Lipinski definition) is 1. The summed E-state index contributed by atoms with van der Waals surface area (Å²) in [6.07, 6.45) is 1.16. The number of alkyl halides is 1. The number of carbonyl (C=O) groups excluding carboxylic acids is 1. The number of hydrogen-bond acceptors (Lipinski definition) is 10. The zero-order valence-electron chi connectivity index (χ0n) is 15.9. The Balaban J connectivity index is 3.48. The minimum absolute atomic E-state index is 0.0146. The van der Waals surface area contributed by atoms with E-state index in [4.69, 9.17) is 16.7 Å². The van der Waals surface area contributed by atoms with Crippen molar-refractivity contribution >= 4 is 59.1 Å². The van der Waals surface area contributed by atoms with E-state index in [0.717, 1.165) is 18.4 Å². The van der Waals surface area contributed by atoms with Crippen molar-refractivity contribution in [1.29, 1.82) is 0 Å². The Bertz CT molecular complexity index is 898. The molecule has 1 aromatic rings. The molecule has 0 heterocycles. The van der Waals surface area contributed by atoms with E-state index in [1.807, 2.05) is 0 Å². The molecule has 30 heavy (non-hydrogen) atoms. The van der Waals surface area contributed by atoms with Crippen molar-refractivity contribution in [3.63, 3.8) is 0 Å². The molecule has 0 aliphatic rings. The van der Waals surface area contributed by atoms with Crippen molar-refractivity contribution in [1.82, 2.24) is 0 Å². The maximum absolute atomic E-state index is 12.7. The second-order valence-corrected chi connectivity index (χ2v) is 10.6. The third kappa shape index (κ3) is 7.80. The fraction of sp³-hybridized carbons (Fsp3) is 0.533. The maximum atomic E-state index is 12.7. The van der Waals surface area contributed by atoms with E-state index in [1.54, 1.807) is 0 Å². The summed E-state index contributed by atoms with van der Waals surface area (Å²) in [5.41, 5.74) is -2.10. The van der Waals surface area contributed by atoms with Crippen LogP contribution in [0.2, 0.25) is 5.21 Å². The number of rotatable bonds is 14. The molecule has 1 unspecified atom stereocenters. The monoisotopic (exact) mass is 529 g/mol. The summed E-state index contributed by atoms with van der Waals surface area (Å²) in [6.45, 7) is -0.572. The van der Waals surface area contributed by atoms with E-state index in [9.17, 15) is 33.4 Å². The molecule has 0 aliphatic carbocycles. The van der Waals surface area contributed by atoms with Crippen LogP contribution in [0.1, 0.15) is 16.8 Å². The predicted octanol–water partition coefficient (Wildman–Crippen LogP) is 0.902. The van der Waals surface area contributed by atoms with Crippen LogP contribution in [0.3, 0.4) is 0 Å². The molecule has 0 fully saturated rings. The molecule has 1 rings (SSSR count). The van der Waals surface area contributed by atoms with Crippen molar-refractivity contribution in [2.75, 3.05) is 43.3 Å². The molecular formula is C15H21AsClN3O9S. The summed E-state index contributed by atoms with van der Waals surface area (Å²) in [4.78, 5) is 35.5. The van der Waals surface area contributed by atoms with Crippen LogP contribution in [0.4, 0.5) is 17.1 Å². The van der Waals surface area contributed by atoms with Gasteiger partial charge >= 0.3 is 184 Å². The van der Waals surface area contributed by atoms with Crippen LogP contribution < -0.4 is 4.90 Å². The topological polar surface area (TPSA) is 170 Å². The molecule has 12 nitrogen and oxygen atoms in total. The van der Waals surface area contributed by atoms with E-state index in [-0.39, 0.29) is 37.9 Å². The molecule has 0 saturated heterocycles. The Morgan fingerprint density at radius 1 is 1.27 bits per heavy atom. The Morgan fingerprint density at radius 3 is 2.43 bits per heavy atom. The molecule has 0 saturated carbocycles. The molecule has 0 radical (unpaired) electrons. The first-order valence-corrected chi connectivity index (χ1v) is 13.4. The normalized spacial score (nSPS) is 11.7. The third-order valence-electron chi connectivity index (χ3n) is 3.72. The summed E-state index contributed by atoms with van der Waals surface area (Å²) >= 11 is 4.27. The number of benzene rings is 1. The summed E-state index contributed by atoms with van der Waals surface area (Å²) in [5.74, 6) is 0.0146. The van der Waals surface area contributed by atoms with Crippen LogP contribution in [0.5, 0.6) is 0 Å². The standard InChI is InChI=1S/C15H21AsClN3O9S/c1-30(27,28)29-10-8-18(7-6-17)12-4-3-11(19(23)24)13(14(12)20(25)26)15(22)16-5-2-9-21/h3-4,16,21H,2,5-10H2,1H3. The van der Waals surface area contributed by atoms with Gasteiger partial charge in [-0.1, -0.05) is 0 Å². The summed E-state index contributed by atoms with van der Waals surface area (Å²) in [6, 6.07) is 2.14. The van der Waals surface area contributed by atoms with Crippen LogP contribution in [-0.4, -0.2) is 82.1 Å². The molecular weight excluding hydrogens is 509 g/mol. The average Bonchev–Trinajstić information content (AvgIpc) is 2.65. The minimum atomic E-state index is -3.75. The van der Waals surface area contributed by atoms with Gasteiger partial charge in [-0.05, 0) is 0 Å². The second kappa shape index (κ2) is 12.2. The molecule has 0 bridgehead atoms. The Morgan fingerprint density at radius 2 is 1.93 bits per heavy atom. The molecule has 1 N–H and O–H groups in total. The molecule has 0 aliphatic heterocycles. The van der Waals surface area contributed by atoms with E-state index in [2.05, 4.69) is 4.18 Å². The number of aliphatic hydroxyl groups excluding tert-OH is 1. The van der Waals surface area contributed by atoms with Gasteiger partial charge in [0.25, 0.3) is 0 Å². The number of halogens is 1. The summed E-state index contributed by atoms with van der Waals surface area (Å²) in [5, 5.41) is 32.4. The Hall–Kier alpha value is -1.79. The second-order valence-electron chi connectivity index (χ2n) is 5.88. The molecule has 0 amide bonds. The summed E-state index contributed by atoms with van der Waals surface area (Å²) < 4.78 is 26.3. The van der Waals surface area contributed by atoms with Crippen LogP contribution in [-0.2, 0) is 14.3 Å². The first kappa shape index (κ1) is 26.2. The number of aliphatic hydroxyl groups is 1. The zero-order valence-corrected chi connectivity index (χ0v) is 19.6. The molecule has 0 spiro atoms. The van der Waals surface area contributed by atoms with Crippen molar-refractivity contribution in [3.05, 3.63) is 37.9 Å². The summed E-state index contributed by atoms with van der Waals surface area (Å²) in [7, 11) is -3.75. The van der Waals surface area contributed by atoms with Crippen molar-refractivity contribution in [2.24, 2.45) is 0 Å². The zero-order chi connectivity index (χ0) is 22.9. The Labute approximate surface area is 184 Å². The first-order valence-electron chi connectivity index (χ1n) is 8.53. The van der Waals surface area contributed by atoms with Gasteiger partial charge in [0.15, 0.2) is 0 Å². The van der Waals surface area contributed by atoms with E-state index < -0.39 is 57.2 Å². The fourth-order valence-electron chi connectivity index (χ4n) is 2.51. The molecule has 1 aromatic carbocycles. The third-order valence-corrected chi connectivity index (χ3v) is 6.94. The van der Waals surface area contributed by atoms with Gasteiger partial charge in [-0.25, -0.2) is 0 Å². The van der Waals surface area contributed by atoms with Crippen LogP contribution >= 0.6 is 11.6 Å². The predicted molar refractivity (Wildman–Crippen MR) is 111 cm³/mol. The number of carbonyl (C=O) groups is 1. The van der Waals surface area contributed by atoms with Gasteiger partial charge in [0.1, 0.15) is 0 Å². The average molecular weight is 530 g/mol. The molecule has 15 heteroatoms. The molecule has 0 aromatic heterocycles. The van der Waals surface area contributed by atoms with Gasteiger partial charge in [-0.2, -0.15) is 0 Å². The van der Waals surface area contributed by atoms with Crippen molar-refractivity contribution in [2.45, 2.75) is 11.6 Å². The van der Waals surface area contributed by atoms with Gasteiger partial charge < -0.3 is 0 Å². The fourth-order valence-corrected chi connectivity index (χ4v) is 5.16. The SMILES string of the molecule is CS(=O)(=O)OCCN(CCCl)c1ccc([N+](=O)[O-])c(C(=O)[AsH]CCCO)c1[N+](=O)[O-]. The quantitative estimate of drug-likeness (QED) is 0.0911. The molecule has 168 valence electrons. The number of nitro benzene ring substituents is 2. The Kier molecular flexibility index (Phi) is 10.6. The molecule has 1 atom stereocenters. The van der Waals surface area contributed by atoms with Crippen molar-refractivity contribution < 1.29 is 32.3 Å². The van der Waals surface area contributed by atoms with E-state index >= 15 is 0 Å². The van der Waals surface area contributed by atoms with Crippen LogP contribution in [0.25, 0.3) is 0 Å². The van der Waals surface area contributed by atoms with E-state index in [1.165, 1.54) is 4.90 Å². The number of nitro groups is 2. The number of nitrogens with zero attached hydrogens (tertiary/aromatic N) is 3. The van der Waals surface area contributed by atoms with Gasteiger partial charge in [0, 0.05) is 0 Å².